The van der Waals surface area contributed by atoms with Crippen LogP contribution in [-0.4, -0.2) is 32.8 Å². The monoisotopic (exact) mass is 320 g/mol. The molecule has 0 aliphatic carbocycles. The quantitative estimate of drug-likeness (QED) is 0.374. The molecule has 8 heteroatoms. The molecule has 0 unspecified atom stereocenters. The summed E-state index contributed by atoms with van der Waals surface area (Å²) in [5, 5.41) is 24.4. The van der Waals surface area contributed by atoms with Gasteiger partial charge in [-0.25, -0.2) is 0 Å². The van der Waals surface area contributed by atoms with Crippen molar-refractivity contribution in [3.63, 3.8) is 0 Å². The Balaban J connectivity index is 3.17. The van der Waals surface area contributed by atoms with Gasteiger partial charge in [-0.15, -0.1) is 0 Å². The van der Waals surface area contributed by atoms with Crippen molar-refractivity contribution in [1.29, 1.82) is 0 Å². The first-order valence-electron chi connectivity index (χ1n) is 6.90. The Morgan fingerprint density at radius 3 is 2.39 bits per heavy atom. The van der Waals surface area contributed by atoms with Gasteiger partial charge in [0.25, 0.3) is 5.69 Å². The highest BCUT2D eigenvalue weighted by Crippen LogP contribution is 2.27. The van der Waals surface area contributed by atoms with Gasteiger partial charge in [-0.3, -0.25) is 25.3 Å². The zero-order valence-electron chi connectivity index (χ0n) is 13.7. The van der Waals surface area contributed by atoms with E-state index in [1.807, 2.05) is 20.8 Å². The van der Waals surface area contributed by atoms with Crippen LogP contribution in [0.25, 0.3) is 0 Å². The van der Waals surface area contributed by atoms with E-state index < -0.39 is 4.92 Å². The Bertz CT molecular complexity index is 687. The third-order valence-corrected chi connectivity index (χ3v) is 2.66. The molecule has 0 aliphatic rings. The fourth-order valence-corrected chi connectivity index (χ4v) is 1.81. The Hall–Kier alpha value is -2.77. The number of phenolic OH excluding ortho intramolecular Hbond substituents is 1. The maximum absolute atomic E-state index is 11.7. The number of phenols is 1. The molecule has 2 N–H and O–H groups in total. The number of non-ortho nitro benzene ring substituents is 1. The second-order valence-corrected chi connectivity index (χ2v) is 5.95. The predicted octanol–water partition coefficient (Wildman–Crippen LogP) is 2.92. The van der Waals surface area contributed by atoms with Crippen LogP contribution in [0.1, 0.15) is 34.6 Å². The number of rotatable bonds is 5. The molecule has 0 atom stereocenters. The zero-order valence-corrected chi connectivity index (χ0v) is 13.7. The summed E-state index contributed by atoms with van der Waals surface area (Å²) in [6.45, 7) is 8.65. The number of benzene rings is 1. The molecule has 0 aliphatic heterocycles. The molecule has 0 bridgehead atoms. The maximum Gasteiger partial charge on any atom is 0.271 e. The highest BCUT2D eigenvalue weighted by Gasteiger charge is 2.16. The summed E-state index contributed by atoms with van der Waals surface area (Å²) >= 11 is 0. The number of ketones is 1. The first kappa shape index (κ1) is 18.3. The van der Waals surface area contributed by atoms with Crippen molar-refractivity contribution in [2.45, 2.75) is 40.2 Å². The summed E-state index contributed by atoms with van der Waals surface area (Å²) in [5.41, 5.74) is 2.45. The molecule has 1 aromatic rings. The fraction of sp³-hybridized carbons (Fsp3) is 0.400. The average Bonchev–Trinajstić information content (AvgIpc) is 2.38. The molecule has 0 heterocycles. The van der Waals surface area contributed by atoms with Gasteiger partial charge in [0.05, 0.1) is 16.2 Å². The van der Waals surface area contributed by atoms with Gasteiger partial charge in [-0.2, -0.15) is 5.10 Å². The number of aliphatic imine (C=N–C) groups is 1. The van der Waals surface area contributed by atoms with Crippen LogP contribution in [0.2, 0.25) is 0 Å². The molecule has 0 aromatic heterocycles. The van der Waals surface area contributed by atoms with Crippen LogP contribution in [0, 0.1) is 10.1 Å². The number of nitro benzene ring substituents is 1. The van der Waals surface area contributed by atoms with Crippen LogP contribution in [0.5, 0.6) is 5.75 Å². The van der Waals surface area contributed by atoms with E-state index in [0.717, 1.165) is 6.07 Å². The second-order valence-electron chi connectivity index (χ2n) is 5.95. The van der Waals surface area contributed by atoms with Crippen LogP contribution in [0.15, 0.2) is 28.3 Å². The second kappa shape index (κ2) is 6.99. The molecule has 0 spiro atoms. The number of nitro groups is 1. The predicted molar refractivity (Wildman–Crippen MR) is 89.4 cm³/mol. The molecule has 0 radical (unpaired) electrons. The van der Waals surface area contributed by atoms with E-state index >= 15 is 0 Å². The molecule has 0 amide bonds. The van der Waals surface area contributed by atoms with E-state index in [4.69, 9.17) is 0 Å². The van der Waals surface area contributed by atoms with Crippen molar-refractivity contribution in [2.75, 3.05) is 5.43 Å². The van der Waals surface area contributed by atoms with Gasteiger partial charge in [0, 0.05) is 19.1 Å². The van der Waals surface area contributed by atoms with Gasteiger partial charge in [0.2, 0.25) is 0 Å². The highest BCUT2D eigenvalue weighted by molar-refractivity contribution is 6.66. The molecule has 124 valence electrons. The van der Waals surface area contributed by atoms with Crippen LogP contribution in [0.3, 0.4) is 0 Å². The number of hydrogen-bond acceptors (Lipinski definition) is 7. The lowest BCUT2D eigenvalue weighted by Gasteiger charge is -2.14. The topological polar surface area (TPSA) is 117 Å². The van der Waals surface area contributed by atoms with Crippen molar-refractivity contribution in [3.8, 4) is 5.75 Å². The van der Waals surface area contributed by atoms with E-state index in [0.29, 0.717) is 5.71 Å². The third kappa shape index (κ3) is 5.50. The molecular weight excluding hydrogens is 300 g/mol. The van der Waals surface area contributed by atoms with E-state index in [-0.39, 0.29) is 34.2 Å². The number of carbonyl (C=O) groups excluding carboxylic acids is 1. The van der Waals surface area contributed by atoms with Crippen molar-refractivity contribution in [2.24, 2.45) is 10.1 Å². The van der Waals surface area contributed by atoms with Gasteiger partial charge in [-0.05, 0) is 33.8 Å². The van der Waals surface area contributed by atoms with Crippen molar-refractivity contribution < 1.29 is 14.8 Å². The number of hydrazone groups is 1. The minimum Gasteiger partial charge on any atom is -0.506 e. The smallest absolute Gasteiger partial charge is 0.271 e. The average molecular weight is 320 g/mol. The number of nitrogens with zero attached hydrogens (tertiary/aromatic N) is 3. The minimum atomic E-state index is -0.591. The Kier molecular flexibility index (Phi) is 5.56. The van der Waals surface area contributed by atoms with E-state index in [9.17, 15) is 20.0 Å². The molecule has 23 heavy (non-hydrogen) atoms. The van der Waals surface area contributed by atoms with Gasteiger partial charge in [0.15, 0.2) is 5.78 Å². The first-order chi connectivity index (χ1) is 10.5. The molecule has 0 fully saturated rings. The summed E-state index contributed by atoms with van der Waals surface area (Å²) in [5.74, 6) is -0.527. The van der Waals surface area contributed by atoms with Gasteiger partial charge >= 0.3 is 0 Å². The normalized spacial score (nSPS) is 12.9. The van der Waals surface area contributed by atoms with Crippen molar-refractivity contribution >= 4 is 28.6 Å². The summed E-state index contributed by atoms with van der Waals surface area (Å²) in [6, 6.07) is 3.48. The largest absolute Gasteiger partial charge is 0.506 e. The number of carbonyl (C=O) groups is 1. The summed E-state index contributed by atoms with van der Waals surface area (Å²) in [4.78, 5) is 26.3. The number of aromatic hydroxyl groups is 1. The summed E-state index contributed by atoms with van der Waals surface area (Å²) in [7, 11) is 0. The van der Waals surface area contributed by atoms with E-state index in [2.05, 4.69) is 15.5 Å². The first-order valence-corrected chi connectivity index (χ1v) is 6.90. The highest BCUT2D eigenvalue weighted by atomic mass is 16.6. The maximum atomic E-state index is 11.7. The lowest BCUT2D eigenvalue weighted by molar-refractivity contribution is -0.384. The van der Waals surface area contributed by atoms with Crippen LogP contribution in [0.4, 0.5) is 11.4 Å². The Labute approximate surface area is 134 Å². The molecule has 0 saturated carbocycles. The molecule has 0 saturated heterocycles. The molecule has 1 rings (SSSR count). The lowest BCUT2D eigenvalue weighted by atomic mass is 10.1. The number of nitrogens with one attached hydrogen (secondary N) is 1. The number of Topliss-reactive ketones (excluding diaryl/α,β-unsaturated/α-hetero) is 1. The SMILES string of the molecule is CC(=O)/C(=N/Nc1cc([N+](=O)[O-])ccc1O)C(C)=NC(C)(C)C. The standard InChI is InChI=1S/C15H20N4O4/c1-9(16-15(3,4)5)14(10(2)20)18-17-12-8-11(19(22)23)6-7-13(12)21/h6-8,17,21H,1-5H3/b16-9?,18-14+. The van der Waals surface area contributed by atoms with E-state index in [1.54, 1.807) is 6.92 Å². The van der Waals surface area contributed by atoms with E-state index in [1.165, 1.54) is 19.1 Å². The van der Waals surface area contributed by atoms with Crippen molar-refractivity contribution in [1.82, 2.24) is 0 Å². The van der Waals surface area contributed by atoms with Crippen molar-refractivity contribution in [3.05, 3.63) is 28.3 Å². The molecule has 8 nitrogen and oxygen atoms in total. The molecular formula is C15H20N4O4. The molecule has 1 aromatic carbocycles. The van der Waals surface area contributed by atoms with Crippen LogP contribution in [-0.2, 0) is 4.79 Å². The Morgan fingerprint density at radius 2 is 1.91 bits per heavy atom. The van der Waals surface area contributed by atoms with Crippen LogP contribution < -0.4 is 5.43 Å². The number of anilines is 1. The zero-order chi connectivity index (χ0) is 17.8. The third-order valence-electron chi connectivity index (χ3n) is 2.66. The minimum absolute atomic E-state index is 0.0292. The lowest BCUT2D eigenvalue weighted by Crippen LogP contribution is -2.24. The summed E-state index contributed by atoms with van der Waals surface area (Å²) < 4.78 is 0. The Morgan fingerprint density at radius 1 is 1.30 bits per heavy atom. The fourth-order valence-electron chi connectivity index (χ4n) is 1.81. The van der Waals surface area contributed by atoms with Gasteiger partial charge in [0.1, 0.15) is 17.1 Å². The number of hydrogen-bond donors (Lipinski definition) is 2. The van der Waals surface area contributed by atoms with Gasteiger partial charge < -0.3 is 5.11 Å². The van der Waals surface area contributed by atoms with Gasteiger partial charge in [-0.1, -0.05) is 0 Å². The van der Waals surface area contributed by atoms with Crippen LogP contribution >= 0.6 is 0 Å². The summed E-state index contributed by atoms with van der Waals surface area (Å²) in [6.07, 6.45) is 0.